The third kappa shape index (κ3) is 6.50. The van der Waals surface area contributed by atoms with E-state index in [4.69, 9.17) is 0 Å². The highest BCUT2D eigenvalue weighted by atomic mass is 32.2. The van der Waals surface area contributed by atoms with E-state index in [1.54, 1.807) is 4.72 Å². The van der Waals surface area contributed by atoms with E-state index in [1.807, 2.05) is 0 Å². The number of thiazole rings is 1. The van der Waals surface area contributed by atoms with Crippen molar-refractivity contribution in [1.29, 1.82) is 0 Å². The minimum absolute atomic E-state index is 0.00451. The van der Waals surface area contributed by atoms with Gasteiger partial charge in [0.2, 0.25) is 10.0 Å². The monoisotopic (exact) mass is 519 g/mol. The second kappa shape index (κ2) is 9.66. The average molecular weight is 520 g/mol. The minimum atomic E-state index is -4.47. The van der Waals surface area contributed by atoms with E-state index < -0.39 is 51.0 Å². The average Bonchev–Trinajstić information content (AvgIpc) is 3.18. The first-order chi connectivity index (χ1) is 15.7. The Balaban J connectivity index is 1.70. The van der Waals surface area contributed by atoms with Crippen molar-refractivity contribution in [3.8, 4) is 0 Å². The van der Waals surface area contributed by atoms with Gasteiger partial charge < -0.3 is 5.32 Å². The van der Waals surface area contributed by atoms with Crippen LogP contribution in [0, 0.1) is 11.6 Å². The van der Waals surface area contributed by atoms with Gasteiger partial charge in [0.25, 0.3) is 5.91 Å². The Bertz CT molecular complexity index is 1300. The predicted octanol–water partition coefficient (Wildman–Crippen LogP) is 4.89. The van der Waals surface area contributed by atoms with Gasteiger partial charge in [-0.3, -0.25) is 9.52 Å². The van der Waals surface area contributed by atoms with Crippen molar-refractivity contribution in [2.75, 3.05) is 11.0 Å². The third-order valence-electron chi connectivity index (χ3n) is 4.59. The van der Waals surface area contributed by atoms with Crippen molar-refractivity contribution < 1.29 is 35.2 Å². The molecule has 0 spiro atoms. The smallest absolute Gasteiger partial charge is 0.344 e. The lowest BCUT2D eigenvalue weighted by atomic mass is 10.1. The molecule has 34 heavy (non-hydrogen) atoms. The maximum Gasteiger partial charge on any atom is 0.416 e. The molecule has 0 aliphatic rings. The fourth-order valence-electron chi connectivity index (χ4n) is 3.01. The van der Waals surface area contributed by atoms with Gasteiger partial charge in [0.1, 0.15) is 11.4 Å². The van der Waals surface area contributed by atoms with Crippen LogP contribution in [0.25, 0.3) is 0 Å². The topological polar surface area (TPSA) is 88.2 Å². The molecule has 0 saturated heterocycles. The molecule has 3 aromatic rings. The Hall–Kier alpha value is -3.06. The van der Waals surface area contributed by atoms with E-state index in [1.165, 1.54) is 24.4 Å². The van der Waals surface area contributed by atoms with Gasteiger partial charge in [-0.1, -0.05) is 18.2 Å². The van der Waals surface area contributed by atoms with Gasteiger partial charge in [0.05, 0.1) is 22.9 Å². The van der Waals surface area contributed by atoms with Crippen LogP contribution in [0.15, 0.2) is 41.8 Å². The van der Waals surface area contributed by atoms with Crippen LogP contribution in [0.2, 0.25) is 0 Å². The number of sulfonamides is 1. The third-order valence-corrected chi connectivity index (χ3v) is 6.02. The fourth-order valence-corrected chi connectivity index (χ4v) is 4.38. The fraction of sp³-hybridized carbons (Fsp3) is 0.238. The molecular weight excluding hydrogens is 501 g/mol. The number of amides is 1. The Morgan fingerprint density at radius 3 is 2.38 bits per heavy atom. The zero-order chi connectivity index (χ0) is 25.3. The molecule has 6 nitrogen and oxygen atoms in total. The molecule has 0 aliphatic heterocycles. The molecule has 0 aliphatic carbocycles. The lowest BCUT2D eigenvalue weighted by molar-refractivity contribution is -0.137. The van der Waals surface area contributed by atoms with Crippen molar-refractivity contribution in [2.24, 2.45) is 0 Å². The van der Waals surface area contributed by atoms with Crippen LogP contribution in [0.5, 0.6) is 0 Å². The zero-order valence-corrected chi connectivity index (χ0v) is 19.3. The number of halogens is 5. The molecule has 0 saturated carbocycles. The zero-order valence-electron chi connectivity index (χ0n) is 17.7. The number of hydrogen-bond acceptors (Lipinski definition) is 5. The number of carbonyl (C=O) groups excluding carboxylic acids is 1. The molecule has 2 N–H and O–H groups in total. The van der Waals surface area contributed by atoms with E-state index in [0.717, 1.165) is 41.9 Å². The lowest BCUT2D eigenvalue weighted by Gasteiger charge is -2.15. The summed E-state index contributed by atoms with van der Waals surface area (Å²) in [5, 5.41) is 4.36. The first kappa shape index (κ1) is 25.6. The molecule has 1 amide bonds. The number of hydrogen-bond donors (Lipinski definition) is 2. The quantitative estimate of drug-likeness (QED) is 0.435. The number of aromatic nitrogens is 1. The number of benzene rings is 2. The van der Waals surface area contributed by atoms with Gasteiger partial charge >= 0.3 is 6.18 Å². The van der Waals surface area contributed by atoms with E-state index in [-0.39, 0.29) is 17.7 Å². The van der Waals surface area contributed by atoms with Crippen LogP contribution in [0.3, 0.4) is 0 Å². The summed E-state index contributed by atoms with van der Waals surface area (Å²) < 4.78 is 91.3. The molecule has 0 fully saturated rings. The second-order valence-electron chi connectivity index (χ2n) is 7.43. The van der Waals surface area contributed by atoms with E-state index >= 15 is 0 Å². The molecular formula is C21H18F5N3O3S2. The van der Waals surface area contributed by atoms with Gasteiger partial charge in [-0.05, 0) is 36.2 Å². The highest BCUT2D eigenvalue weighted by molar-refractivity contribution is 7.92. The van der Waals surface area contributed by atoms with Gasteiger partial charge in [0, 0.05) is 11.8 Å². The summed E-state index contributed by atoms with van der Waals surface area (Å²) >= 11 is 1.08. The maximum absolute atomic E-state index is 14.2. The van der Waals surface area contributed by atoms with Crippen molar-refractivity contribution in [3.63, 3.8) is 0 Å². The Morgan fingerprint density at radius 1 is 1.15 bits per heavy atom. The molecule has 1 heterocycles. The minimum Gasteiger partial charge on any atom is -0.344 e. The van der Waals surface area contributed by atoms with Crippen LogP contribution >= 0.6 is 11.3 Å². The largest absolute Gasteiger partial charge is 0.416 e. The number of rotatable bonds is 7. The molecule has 0 radical (unpaired) electrons. The molecule has 2 aromatic carbocycles. The standard InChI is InChI=1S/C21H18F5N3O3S2/c1-11(13-8-15(22)19(16(23)9-13)29-34(2,31)32)27-20(30)17-10-33-18(28-17)7-12-4-3-5-14(6-12)21(24,25)26/h3-6,8-11,29H,7H2,1-2H3,(H,27,30). The molecule has 182 valence electrons. The summed E-state index contributed by atoms with van der Waals surface area (Å²) in [7, 11) is -3.90. The van der Waals surface area contributed by atoms with Crippen LogP contribution in [0.4, 0.5) is 27.6 Å². The van der Waals surface area contributed by atoms with E-state index in [2.05, 4.69) is 10.3 Å². The Morgan fingerprint density at radius 2 is 1.79 bits per heavy atom. The summed E-state index contributed by atoms with van der Waals surface area (Å²) in [6, 6.07) is 5.69. The highest BCUT2D eigenvalue weighted by Crippen LogP contribution is 2.30. The first-order valence-corrected chi connectivity index (χ1v) is 12.4. The number of carbonyl (C=O) groups is 1. The Kier molecular flexibility index (Phi) is 7.26. The number of anilines is 1. The Labute approximate surface area is 195 Å². The summed E-state index contributed by atoms with van der Waals surface area (Å²) in [5.74, 6) is -2.96. The van der Waals surface area contributed by atoms with Gasteiger partial charge in [-0.15, -0.1) is 11.3 Å². The highest BCUT2D eigenvalue weighted by Gasteiger charge is 2.30. The van der Waals surface area contributed by atoms with Gasteiger partial charge in [-0.25, -0.2) is 22.2 Å². The molecule has 1 atom stereocenters. The SMILES string of the molecule is CC(NC(=O)c1csc(Cc2cccc(C(F)(F)F)c2)n1)c1cc(F)c(NS(C)(=O)=O)c(F)c1. The van der Waals surface area contributed by atoms with Gasteiger partial charge in [-0.2, -0.15) is 13.2 Å². The number of nitrogens with one attached hydrogen (secondary N) is 2. The molecule has 13 heteroatoms. The molecule has 1 unspecified atom stereocenters. The molecule has 0 bridgehead atoms. The summed E-state index contributed by atoms with van der Waals surface area (Å²) in [6.07, 6.45) is -3.64. The van der Waals surface area contributed by atoms with Crippen molar-refractivity contribution >= 4 is 33.0 Å². The first-order valence-electron chi connectivity index (χ1n) is 9.61. The van der Waals surface area contributed by atoms with Crippen molar-refractivity contribution in [2.45, 2.75) is 25.6 Å². The second-order valence-corrected chi connectivity index (χ2v) is 10.1. The van der Waals surface area contributed by atoms with Crippen molar-refractivity contribution in [1.82, 2.24) is 10.3 Å². The molecule has 1 aromatic heterocycles. The predicted molar refractivity (Wildman–Crippen MR) is 117 cm³/mol. The molecule has 3 rings (SSSR count). The summed E-state index contributed by atoms with van der Waals surface area (Å²) in [4.78, 5) is 16.6. The van der Waals surface area contributed by atoms with E-state index in [9.17, 15) is 35.2 Å². The summed E-state index contributed by atoms with van der Waals surface area (Å²) in [5.41, 5.74) is -1.20. The van der Waals surface area contributed by atoms with Crippen LogP contribution in [-0.4, -0.2) is 25.6 Å². The van der Waals surface area contributed by atoms with Crippen molar-refractivity contribution in [3.05, 3.63) is 80.8 Å². The van der Waals surface area contributed by atoms with E-state index in [0.29, 0.717) is 10.6 Å². The number of nitrogens with zero attached hydrogens (tertiary/aromatic N) is 1. The van der Waals surface area contributed by atoms with Crippen LogP contribution < -0.4 is 10.0 Å². The maximum atomic E-state index is 14.2. The summed E-state index contributed by atoms with van der Waals surface area (Å²) in [6.45, 7) is 1.46. The van der Waals surface area contributed by atoms with Crippen LogP contribution in [-0.2, 0) is 22.6 Å². The number of alkyl halides is 3. The normalized spacial score (nSPS) is 12.9. The van der Waals surface area contributed by atoms with Gasteiger partial charge in [0.15, 0.2) is 11.6 Å². The lowest BCUT2D eigenvalue weighted by Crippen LogP contribution is -2.27. The van der Waals surface area contributed by atoms with Crippen LogP contribution in [0.1, 0.15) is 45.2 Å².